The predicted molar refractivity (Wildman–Crippen MR) is 134 cm³/mol. The van der Waals surface area contributed by atoms with Gasteiger partial charge in [0.1, 0.15) is 33.4 Å². The number of benzene rings is 1. The third-order valence-corrected chi connectivity index (χ3v) is 7.51. The Morgan fingerprint density at radius 3 is 2.51 bits per heavy atom. The quantitative estimate of drug-likeness (QED) is 0.313. The number of methoxy groups -OCH3 is 1. The van der Waals surface area contributed by atoms with Crippen LogP contribution < -0.4 is 14.9 Å². The number of ether oxygens (including phenoxy) is 2. The molecule has 0 atom stereocenters. The summed E-state index contributed by atoms with van der Waals surface area (Å²) in [6, 6.07) is 6.63. The Bertz CT molecular complexity index is 1430. The number of thiophene rings is 1. The highest BCUT2D eigenvalue weighted by Crippen LogP contribution is 2.38. The molecule has 5 rings (SSSR count). The van der Waals surface area contributed by atoms with Crippen molar-refractivity contribution in [3.63, 3.8) is 0 Å². The van der Waals surface area contributed by atoms with Gasteiger partial charge in [0.25, 0.3) is 0 Å². The van der Waals surface area contributed by atoms with Crippen molar-refractivity contribution in [2.24, 2.45) is 0 Å². The number of hydrogen-bond acceptors (Lipinski definition) is 10. The van der Waals surface area contributed by atoms with E-state index in [0.717, 1.165) is 37.0 Å². The van der Waals surface area contributed by atoms with Crippen molar-refractivity contribution in [3.05, 3.63) is 52.9 Å². The molecular weight excluding hydrogens is 503 g/mol. The van der Waals surface area contributed by atoms with Crippen LogP contribution in [0.5, 0.6) is 17.5 Å². The fourth-order valence-electron chi connectivity index (χ4n) is 4.37. The Balaban J connectivity index is 1.42. The molecule has 194 valence electrons. The highest BCUT2D eigenvalue weighted by molar-refractivity contribution is 7.20. The molecule has 1 aromatic carbocycles. The van der Waals surface area contributed by atoms with Gasteiger partial charge < -0.3 is 29.8 Å². The Kier molecular flexibility index (Phi) is 6.85. The number of halogens is 1. The van der Waals surface area contributed by atoms with Gasteiger partial charge in [0.05, 0.1) is 23.3 Å². The number of carbonyl (C=O) groups is 1. The molecule has 3 heterocycles. The summed E-state index contributed by atoms with van der Waals surface area (Å²) in [5.41, 5.74) is 1.06. The zero-order valence-corrected chi connectivity index (χ0v) is 20.9. The first-order chi connectivity index (χ1) is 17.8. The van der Waals surface area contributed by atoms with E-state index in [4.69, 9.17) is 14.3 Å². The van der Waals surface area contributed by atoms with Gasteiger partial charge in [-0.2, -0.15) is 0 Å². The Hall–Kier alpha value is -3.90. The van der Waals surface area contributed by atoms with Crippen LogP contribution >= 0.6 is 11.3 Å². The van der Waals surface area contributed by atoms with Crippen molar-refractivity contribution < 1.29 is 33.7 Å². The van der Waals surface area contributed by atoms with Gasteiger partial charge >= 0.3 is 5.97 Å². The van der Waals surface area contributed by atoms with Crippen molar-refractivity contribution in [2.45, 2.75) is 44.8 Å². The number of nitrogens with zero attached hydrogens (tertiary/aromatic N) is 3. The summed E-state index contributed by atoms with van der Waals surface area (Å²) in [4.78, 5) is 27.4. The molecule has 1 fully saturated rings. The van der Waals surface area contributed by atoms with E-state index in [9.17, 15) is 19.4 Å². The molecule has 0 amide bonds. The second-order valence-electron chi connectivity index (χ2n) is 8.70. The lowest BCUT2D eigenvalue weighted by Gasteiger charge is -2.28. The van der Waals surface area contributed by atoms with Gasteiger partial charge in [0.2, 0.25) is 11.8 Å². The molecule has 0 unspecified atom stereocenters. The average molecular weight is 529 g/mol. The standard InChI is InChI=1S/C25H25FN4O6S/c1-13-21-23(27-12-28-24(21)37-22(13)25(33)36-30-19(31)9-10-20(30)32)29-17-8-3-14(26)11-18(17)35-16-6-4-15(34-2)5-7-16/h3,8-12,15-16,31-32H,4-7H2,1-2H3,(H,27,28,29). The summed E-state index contributed by atoms with van der Waals surface area (Å²) in [6.45, 7) is 1.72. The summed E-state index contributed by atoms with van der Waals surface area (Å²) >= 11 is 1.08. The molecule has 0 bridgehead atoms. The first kappa shape index (κ1) is 24.8. The van der Waals surface area contributed by atoms with Gasteiger partial charge in [0, 0.05) is 25.3 Å². The summed E-state index contributed by atoms with van der Waals surface area (Å²) in [5.74, 6) is -1.29. The van der Waals surface area contributed by atoms with Gasteiger partial charge in [0.15, 0.2) is 0 Å². The van der Waals surface area contributed by atoms with E-state index >= 15 is 0 Å². The Morgan fingerprint density at radius 1 is 1.11 bits per heavy atom. The van der Waals surface area contributed by atoms with Crippen molar-refractivity contribution >= 4 is 39.0 Å². The third-order valence-electron chi connectivity index (χ3n) is 6.33. The molecule has 0 saturated heterocycles. The van der Waals surface area contributed by atoms with Gasteiger partial charge in [-0.05, 0) is 50.3 Å². The number of aromatic nitrogens is 3. The van der Waals surface area contributed by atoms with E-state index in [2.05, 4.69) is 15.3 Å². The molecule has 10 nitrogen and oxygen atoms in total. The maximum absolute atomic E-state index is 14.1. The summed E-state index contributed by atoms with van der Waals surface area (Å²) in [6.07, 6.45) is 4.85. The lowest BCUT2D eigenvalue weighted by atomic mass is 9.95. The van der Waals surface area contributed by atoms with Crippen LogP contribution in [0.4, 0.5) is 15.9 Å². The maximum atomic E-state index is 14.1. The van der Waals surface area contributed by atoms with Crippen LogP contribution in [0.1, 0.15) is 40.9 Å². The van der Waals surface area contributed by atoms with Crippen molar-refractivity contribution in [2.75, 3.05) is 12.4 Å². The highest BCUT2D eigenvalue weighted by Gasteiger charge is 2.25. The molecule has 3 N–H and O–H groups in total. The SMILES string of the molecule is COC1CCC(Oc2cc(F)ccc2Nc2ncnc3sc(C(=O)On4c(O)ccc4O)c(C)c23)CC1. The van der Waals surface area contributed by atoms with E-state index in [-0.39, 0.29) is 17.1 Å². The zero-order chi connectivity index (χ0) is 26.1. The van der Waals surface area contributed by atoms with Crippen LogP contribution in [0.3, 0.4) is 0 Å². The number of aromatic hydroxyl groups is 2. The van der Waals surface area contributed by atoms with Gasteiger partial charge in [-0.15, -0.1) is 16.1 Å². The molecule has 1 aliphatic carbocycles. The number of rotatable bonds is 7. The summed E-state index contributed by atoms with van der Waals surface area (Å²) in [5, 5.41) is 23.4. The van der Waals surface area contributed by atoms with E-state index < -0.39 is 23.5 Å². The van der Waals surface area contributed by atoms with Crippen molar-refractivity contribution in [1.82, 2.24) is 14.7 Å². The minimum atomic E-state index is -0.786. The van der Waals surface area contributed by atoms with Crippen molar-refractivity contribution in [3.8, 4) is 17.5 Å². The zero-order valence-electron chi connectivity index (χ0n) is 20.1. The van der Waals surface area contributed by atoms with Crippen LogP contribution in [0.15, 0.2) is 36.7 Å². The second kappa shape index (κ2) is 10.2. The summed E-state index contributed by atoms with van der Waals surface area (Å²) < 4.78 is 26.4. The van der Waals surface area contributed by atoms with E-state index in [0.29, 0.717) is 37.8 Å². The summed E-state index contributed by atoms with van der Waals surface area (Å²) in [7, 11) is 1.70. The first-order valence-electron chi connectivity index (χ1n) is 11.7. The number of nitrogens with one attached hydrogen (secondary N) is 1. The molecule has 3 aromatic heterocycles. The topological polar surface area (TPSA) is 128 Å². The molecular formula is C25H25FN4O6S. The number of anilines is 2. The Morgan fingerprint density at radius 2 is 1.81 bits per heavy atom. The van der Waals surface area contributed by atoms with Gasteiger partial charge in [-0.25, -0.2) is 19.2 Å². The lowest BCUT2D eigenvalue weighted by molar-refractivity contribution is 0.0329. The van der Waals surface area contributed by atoms with Gasteiger partial charge in [-0.3, -0.25) is 0 Å². The molecule has 4 aromatic rings. The highest BCUT2D eigenvalue weighted by atomic mass is 32.1. The molecule has 37 heavy (non-hydrogen) atoms. The number of aryl methyl sites for hydroxylation is 1. The largest absolute Gasteiger partial charge is 0.492 e. The number of fused-ring (bicyclic) bond motifs is 1. The molecule has 1 aliphatic rings. The monoisotopic (exact) mass is 528 g/mol. The predicted octanol–water partition coefficient (Wildman–Crippen LogP) is 4.70. The molecule has 0 spiro atoms. The third kappa shape index (κ3) is 5.02. The minimum absolute atomic E-state index is 0.0649. The lowest BCUT2D eigenvalue weighted by Crippen LogP contribution is -2.27. The normalized spacial score (nSPS) is 17.6. The fourth-order valence-corrected chi connectivity index (χ4v) is 5.39. The maximum Gasteiger partial charge on any atom is 0.374 e. The van der Waals surface area contributed by atoms with Gasteiger partial charge in [-0.1, -0.05) is 0 Å². The van der Waals surface area contributed by atoms with Crippen LogP contribution in [0.2, 0.25) is 0 Å². The number of carbonyl (C=O) groups excluding carboxylic acids is 1. The van der Waals surface area contributed by atoms with E-state index in [1.54, 1.807) is 20.1 Å². The van der Waals surface area contributed by atoms with Crippen LogP contribution in [0, 0.1) is 12.7 Å². The van der Waals surface area contributed by atoms with Crippen LogP contribution in [0.25, 0.3) is 10.2 Å². The Labute approximate surface area is 215 Å². The van der Waals surface area contributed by atoms with E-state index in [1.807, 2.05) is 0 Å². The van der Waals surface area contributed by atoms with Crippen LogP contribution in [-0.2, 0) is 4.74 Å². The second-order valence-corrected chi connectivity index (χ2v) is 9.70. The van der Waals surface area contributed by atoms with Crippen LogP contribution in [-0.4, -0.2) is 50.2 Å². The minimum Gasteiger partial charge on any atom is -0.492 e. The van der Waals surface area contributed by atoms with Crippen molar-refractivity contribution in [1.29, 1.82) is 0 Å². The molecule has 0 aliphatic heterocycles. The molecule has 1 saturated carbocycles. The molecule has 0 radical (unpaired) electrons. The average Bonchev–Trinajstić information content (AvgIpc) is 3.40. The fraction of sp³-hybridized carbons (Fsp3) is 0.320. The first-order valence-corrected chi connectivity index (χ1v) is 12.5. The number of hydrogen-bond donors (Lipinski definition) is 3. The van der Waals surface area contributed by atoms with E-state index in [1.165, 1.54) is 30.6 Å². The molecule has 12 heteroatoms. The smallest absolute Gasteiger partial charge is 0.374 e.